The molecule has 2 rings (SSSR count). The molecule has 0 aliphatic carbocycles. The first kappa shape index (κ1) is 49.3. The van der Waals surface area contributed by atoms with Crippen LogP contribution in [-0.4, -0.2) is 85.2 Å². The summed E-state index contributed by atoms with van der Waals surface area (Å²) in [6.07, 6.45) is 5.17. The summed E-state index contributed by atoms with van der Waals surface area (Å²) in [4.78, 5) is 80.3. The van der Waals surface area contributed by atoms with E-state index in [1.165, 1.54) is 0 Å². The van der Waals surface area contributed by atoms with Crippen molar-refractivity contribution in [1.82, 2.24) is 5.32 Å². The summed E-state index contributed by atoms with van der Waals surface area (Å²) in [7, 11) is -36.1. The van der Waals surface area contributed by atoms with Gasteiger partial charge in [0.15, 0.2) is 0 Å². The molecule has 0 saturated carbocycles. The zero-order valence-electron chi connectivity index (χ0n) is 28.3. The third-order valence-electron chi connectivity index (χ3n) is 6.78. The molecule has 1 heterocycles. The Hall–Kier alpha value is -0.860. The van der Waals surface area contributed by atoms with Crippen LogP contribution in [0.5, 0.6) is 0 Å². The maximum absolute atomic E-state index is 12.1. The van der Waals surface area contributed by atoms with Crippen molar-refractivity contribution in [3.8, 4) is 0 Å². The third kappa shape index (κ3) is 21.1. The molecule has 24 nitrogen and oxygen atoms in total. The fourth-order valence-electron chi connectivity index (χ4n) is 4.38. The Kier molecular flexibility index (Phi) is 20.4. The van der Waals surface area contributed by atoms with Crippen LogP contribution in [0.4, 0.5) is 0 Å². The van der Waals surface area contributed by atoms with Gasteiger partial charge < -0.3 is 44.5 Å². The van der Waals surface area contributed by atoms with E-state index >= 15 is 0 Å². The number of aliphatic hydroxyl groups excluding tert-OH is 1. The van der Waals surface area contributed by atoms with Crippen molar-refractivity contribution in [3.05, 3.63) is 35.4 Å². The van der Waals surface area contributed by atoms with Crippen molar-refractivity contribution in [3.63, 3.8) is 0 Å². The van der Waals surface area contributed by atoms with Gasteiger partial charge in [-0.25, -0.2) is 27.4 Å². The van der Waals surface area contributed by atoms with E-state index in [0.717, 1.165) is 38.5 Å². The maximum atomic E-state index is 12.1. The smallest absolute Gasteiger partial charge is 0.390 e. The van der Waals surface area contributed by atoms with Gasteiger partial charge in [0.25, 0.3) is 5.91 Å². The molecular weight excluding hydrogens is 856 g/mol. The predicted octanol–water partition coefficient (Wildman–Crippen LogP) is 4.61. The lowest BCUT2D eigenvalue weighted by Crippen LogP contribution is -2.25. The molecule has 1 aliphatic rings. The Labute approximate surface area is 309 Å². The lowest BCUT2D eigenvalue weighted by Gasteiger charge is -2.21. The molecule has 0 aromatic heterocycles. The van der Waals surface area contributed by atoms with Crippen molar-refractivity contribution in [1.29, 1.82) is 0 Å². The first-order valence-corrected chi connectivity index (χ1v) is 24.9. The summed E-state index contributed by atoms with van der Waals surface area (Å²) in [5, 5.41) is 12.4. The highest BCUT2D eigenvalue weighted by Gasteiger charge is 2.49. The van der Waals surface area contributed by atoms with E-state index in [4.69, 9.17) is 4.74 Å². The molecule has 0 radical (unpaired) electrons. The molecule has 1 saturated heterocycles. The molecule has 312 valence electrons. The van der Waals surface area contributed by atoms with Gasteiger partial charge in [0, 0.05) is 24.3 Å². The largest absolute Gasteiger partial charge is 0.490 e. The van der Waals surface area contributed by atoms with Gasteiger partial charge in [-0.05, 0) is 31.4 Å². The summed E-state index contributed by atoms with van der Waals surface area (Å²) in [6, 6.07) is 6.26. The summed E-state index contributed by atoms with van der Waals surface area (Å²) in [6.45, 7) is -0.784. The molecule has 8 N–H and O–H groups in total. The van der Waals surface area contributed by atoms with Gasteiger partial charge in [-0.3, -0.25) is 18.6 Å². The number of unbranched alkanes of at least 4 members (excludes halogenated alkanes) is 8. The summed E-state index contributed by atoms with van der Waals surface area (Å²) < 4.78 is 104. The van der Waals surface area contributed by atoms with E-state index in [1.807, 2.05) is 0 Å². The number of aliphatic hydroxyl groups is 1. The number of aldehydes is 1. The molecule has 1 aromatic rings. The van der Waals surface area contributed by atoms with Crippen molar-refractivity contribution < 1.29 is 107 Å². The molecule has 8 atom stereocenters. The number of rotatable bonds is 28. The van der Waals surface area contributed by atoms with Gasteiger partial charge in [0.1, 0.15) is 12.4 Å². The molecule has 7 unspecified atom stereocenters. The van der Waals surface area contributed by atoms with Gasteiger partial charge in [0.2, 0.25) is 0 Å². The quantitative estimate of drug-likeness (QED) is 0.0323. The van der Waals surface area contributed by atoms with Crippen LogP contribution in [0, 0.1) is 0 Å². The number of carbonyl (C=O) groups is 2. The fourth-order valence-corrected chi connectivity index (χ4v) is 12.2. The van der Waals surface area contributed by atoms with Crippen LogP contribution in [0.2, 0.25) is 0 Å². The van der Waals surface area contributed by atoms with Crippen LogP contribution in [0.15, 0.2) is 24.3 Å². The average Bonchev–Trinajstić information content (AvgIpc) is 3.43. The highest BCUT2D eigenvalue weighted by molar-refractivity contribution is 7.72. The monoisotopic (exact) mass is 899 g/mol. The minimum atomic E-state index is -6.37. The third-order valence-corrected chi connectivity index (χ3v) is 16.0. The number of phosphoric ester groups is 2. The highest BCUT2D eigenvalue weighted by atomic mass is 31.3. The molecular formula is C24H43NO23P6. The molecule has 1 aromatic carbocycles. The molecule has 30 heteroatoms. The summed E-state index contributed by atoms with van der Waals surface area (Å²) >= 11 is 0. The lowest BCUT2D eigenvalue weighted by molar-refractivity contribution is 0.00363. The Morgan fingerprint density at radius 1 is 0.667 bits per heavy atom. The number of benzene rings is 1. The summed E-state index contributed by atoms with van der Waals surface area (Å²) in [5.74, 6) is -0.226. The Morgan fingerprint density at radius 3 is 1.54 bits per heavy atom. The second kappa shape index (κ2) is 22.3. The van der Waals surface area contributed by atoms with E-state index in [0.29, 0.717) is 36.8 Å². The van der Waals surface area contributed by atoms with E-state index in [1.54, 1.807) is 24.3 Å². The number of hydrogen-bond donors (Lipinski definition) is 8. The number of hydrogen-bond acceptors (Lipinski definition) is 17. The van der Waals surface area contributed by atoms with Crippen molar-refractivity contribution in [2.24, 2.45) is 0 Å². The SMILES string of the molecule is O=Cc1ccc(C(=O)NCCCCCCCCCCCOP(=O)(O)OP(=O)(O)OP(=O)(O)OP(=O)(O)OP(=O)(O)OP(=O)(O)OCC2OCC[C@H]2O)cc1. The minimum Gasteiger partial charge on any atom is -0.390 e. The van der Waals surface area contributed by atoms with E-state index in [-0.39, 0.29) is 25.4 Å². The standard InChI is InChI=1S/C24H43NO23P6/c26-18-20-10-12-21(13-11-20)24(28)25-15-8-6-4-2-1-3-5-7-9-16-42-49(29,30)44-51(33,34)46-53(37,38)48-54(39,40)47-52(35,36)45-50(31,32)43-19-23-22(27)14-17-41-23/h10-13,18,22-23,27H,1-9,14-17,19H2,(H,25,28)(H,29,30)(H,31,32)(H,33,34)(H,35,36)(H,37,38)(H,39,40)/t22-,23?/m1/s1. The molecule has 1 fully saturated rings. The second-order valence-corrected chi connectivity index (χ2v) is 20.7. The highest BCUT2D eigenvalue weighted by Crippen LogP contribution is 2.75. The number of phosphoric acid groups is 6. The number of ether oxygens (including phenoxy) is 1. The Morgan fingerprint density at radius 2 is 1.09 bits per heavy atom. The first-order valence-electron chi connectivity index (χ1n) is 15.9. The lowest BCUT2D eigenvalue weighted by atomic mass is 10.1. The van der Waals surface area contributed by atoms with Crippen LogP contribution in [-0.2, 0) is 62.7 Å². The van der Waals surface area contributed by atoms with Gasteiger partial charge in [-0.2, -0.15) is 21.6 Å². The van der Waals surface area contributed by atoms with E-state index < -0.39 is 72.4 Å². The molecule has 0 bridgehead atoms. The Bertz CT molecular complexity index is 1660. The van der Waals surface area contributed by atoms with Crippen LogP contribution in [0.3, 0.4) is 0 Å². The average molecular weight is 899 g/mol. The van der Waals surface area contributed by atoms with Gasteiger partial charge in [-0.1, -0.05) is 57.1 Å². The Balaban J connectivity index is 1.62. The molecule has 1 aliphatic heterocycles. The normalized spacial score (nSPS) is 22.8. The van der Waals surface area contributed by atoms with Crippen molar-refractivity contribution in [2.45, 2.75) is 76.4 Å². The van der Waals surface area contributed by atoms with E-state index in [9.17, 15) is 71.4 Å². The number of nitrogens with one attached hydrogen (secondary N) is 1. The number of carbonyl (C=O) groups excluding carboxylic acids is 2. The van der Waals surface area contributed by atoms with Gasteiger partial charge >= 0.3 is 46.9 Å². The van der Waals surface area contributed by atoms with Gasteiger partial charge in [0.05, 0.1) is 19.3 Å². The van der Waals surface area contributed by atoms with Crippen LogP contribution < -0.4 is 5.32 Å². The van der Waals surface area contributed by atoms with Crippen molar-refractivity contribution >= 4 is 59.1 Å². The zero-order chi connectivity index (χ0) is 40.7. The maximum Gasteiger partial charge on any atom is 0.490 e. The van der Waals surface area contributed by atoms with Crippen LogP contribution >= 0.6 is 46.9 Å². The first-order chi connectivity index (χ1) is 24.9. The zero-order valence-corrected chi connectivity index (χ0v) is 33.7. The minimum absolute atomic E-state index is 0.0519. The van der Waals surface area contributed by atoms with Crippen LogP contribution in [0.1, 0.15) is 84.9 Å². The van der Waals surface area contributed by atoms with E-state index in [2.05, 4.69) is 35.9 Å². The molecule has 0 spiro atoms. The topological polar surface area (TPSA) is 364 Å². The second-order valence-electron chi connectivity index (χ2n) is 11.3. The predicted molar refractivity (Wildman–Crippen MR) is 182 cm³/mol. The van der Waals surface area contributed by atoms with Gasteiger partial charge in [-0.15, -0.1) is 0 Å². The van der Waals surface area contributed by atoms with Crippen LogP contribution in [0.25, 0.3) is 0 Å². The fraction of sp³-hybridized carbons (Fsp3) is 0.667. The molecule has 1 amide bonds. The van der Waals surface area contributed by atoms with Crippen molar-refractivity contribution in [2.75, 3.05) is 26.4 Å². The summed E-state index contributed by atoms with van der Waals surface area (Å²) in [5.41, 5.74) is 0.938. The molecule has 54 heavy (non-hydrogen) atoms. The number of amides is 1.